The first-order valence-corrected chi connectivity index (χ1v) is 6.49. The van der Waals surface area contributed by atoms with E-state index in [1.54, 1.807) is 0 Å². The van der Waals surface area contributed by atoms with Crippen LogP contribution in [0.15, 0.2) is 24.3 Å². The molecule has 0 saturated carbocycles. The van der Waals surface area contributed by atoms with Gasteiger partial charge in [-0.1, -0.05) is 76.2 Å². The summed E-state index contributed by atoms with van der Waals surface area (Å²) in [5.41, 5.74) is 0. The second-order valence-electron chi connectivity index (χ2n) is 4.07. The van der Waals surface area contributed by atoms with Crippen molar-refractivity contribution < 1.29 is 0 Å². The topological polar surface area (TPSA) is 0 Å². The average molecular weight is 207 g/mol. The third-order valence-corrected chi connectivity index (χ3v) is 2.56. The van der Waals surface area contributed by atoms with Crippen molar-refractivity contribution in [2.75, 3.05) is 0 Å². The van der Waals surface area contributed by atoms with E-state index in [0.29, 0.717) is 0 Å². The van der Waals surface area contributed by atoms with Crippen molar-refractivity contribution in [1.82, 2.24) is 0 Å². The van der Waals surface area contributed by atoms with Crippen molar-refractivity contribution in [3.05, 3.63) is 31.2 Å². The second-order valence-corrected chi connectivity index (χ2v) is 4.07. The highest BCUT2D eigenvalue weighted by Gasteiger charge is 1.89. The van der Waals surface area contributed by atoms with Crippen LogP contribution in [0.1, 0.15) is 64.7 Å². The molecule has 0 aromatic heterocycles. The van der Waals surface area contributed by atoms with Crippen molar-refractivity contribution in [2.24, 2.45) is 0 Å². The molecule has 0 heterocycles. The van der Waals surface area contributed by atoms with Gasteiger partial charge in [-0.15, -0.1) is 0 Å². The zero-order valence-electron chi connectivity index (χ0n) is 10.4. The summed E-state index contributed by atoms with van der Waals surface area (Å²) >= 11 is 0. The van der Waals surface area contributed by atoms with E-state index in [4.69, 9.17) is 0 Å². The molecule has 1 radical (unpaired) electrons. The molecule has 0 N–H and O–H groups in total. The number of unbranched alkanes of at least 4 members (excludes halogenated alkanes) is 8. The van der Waals surface area contributed by atoms with Gasteiger partial charge in [0.15, 0.2) is 0 Å². The summed E-state index contributed by atoms with van der Waals surface area (Å²) in [5, 5.41) is 0. The average Bonchev–Trinajstić information content (AvgIpc) is 2.26. The van der Waals surface area contributed by atoms with Crippen molar-refractivity contribution in [3.63, 3.8) is 0 Å². The predicted octanol–water partition coefficient (Wildman–Crippen LogP) is 5.46. The van der Waals surface area contributed by atoms with Crippen molar-refractivity contribution in [2.45, 2.75) is 64.7 Å². The highest BCUT2D eigenvalue weighted by atomic mass is 14.0. The number of rotatable bonds is 10. The van der Waals surface area contributed by atoms with Gasteiger partial charge < -0.3 is 0 Å². The number of hydrogen-bond acceptors (Lipinski definition) is 0. The molecular weight excluding hydrogens is 180 g/mol. The van der Waals surface area contributed by atoms with Crippen LogP contribution in [0.3, 0.4) is 0 Å². The van der Waals surface area contributed by atoms with E-state index in [2.05, 4.69) is 38.2 Å². The van der Waals surface area contributed by atoms with Crippen LogP contribution < -0.4 is 0 Å². The molecule has 0 saturated heterocycles. The van der Waals surface area contributed by atoms with Crippen molar-refractivity contribution >= 4 is 0 Å². The SMILES string of the molecule is [CH2]CCCCCCCCCC=CC=CC. The van der Waals surface area contributed by atoms with Gasteiger partial charge in [0, 0.05) is 0 Å². The molecule has 0 fully saturated rings. The first-order chi connectivity index (χ1) is 7.41. The third-order valence-electron chi connectivity index (χ3n) is 2.56. The van der Waals surface area contributed by atoms with E-state index < -0.39 is 0 Å². The fraction of sp³-hybridized carbons (Fsp3) is 0.667. The maximum atomic E-state index is 3.86. The minimum atomic E-state index is 1.11. The zero-order chi connectivity index (χ0) is 11.2. The lowest BCUT2D eigenvalue weighted by molar-refractivity contribution is 0.583. The van der Waals surface area contributed by atoms with Gasteiger partial charge in [0.05, 0.1) is 0 Å². The summed E-state index contributed by atoms with van der Waals surface area (Å²) in [6.07, 6.45) is 20.6. The molecule has 0 rings (SSSR count). The Morgan fingerprint density at radius 2 is 1.40 bits per heavy atom. The summed E-state index contributed by atoms with van der Waals surface area (Å²) in [5.74, 6) is 0. The molecule has 0 aromatic carbocycles. The second kappa shape index (κ2) is 13.5. The van der Waals surface area contributed by atoms with Crippen molar-refractivity contribution in [3.8, 4) is 0 Å². The Morgan fingerprint density at radius 3 is 2.00 bits per heavy atom. The molecule has 0 atom stereocenters. The van der Waals surface area contributed by atoms with Crippen LogP contribution in [-0.2, 0) is 0 Å². The minimum Gasteiger partial charge on any atom is -0.0877 e. The molecule has 0 spiro atoms. The predicted molar refractivity (Wildman–Crippen MR) is 70.9 cm³/mol. The first-order valence-electron chi connectivity index (χ1n) is 6.49. The lowest BCUT2D eigenvalue weighted by Gasteiger charge is -1.99. The lowest BCUT2D eigenvalue weighted by Crippen LogP contribution is -1.79. The molecular formula is C15H27. The van der Waals surface area contributed by atoms with Gasteiger partial charge in [-0.25, -0.2) is 0 Å². The minimum absolute atomic E-state index is 1.11. The van der Waals surface area contributed by atoms with Gasteiger partial charge >= 0.3 is 0 Å². The van der Waals surface area contributed by atoms with Gasteiger partial charge in [-0.05, 0) is 19.8 Å². The van der Waals surface area contributed by atoms with E-state index in [-0.39, 0.29) is 0 Å². The molecule has 87 valence electrons. The Morgan fingerprint density at radius 1 is 0.800 bits per heavy atom. The molecule has 0 aliphatic rings. The Balaban J connectivity index is 2.98. The van der Waals surface area contributed by atoms with Crippen LogP contribution in [0.2, 0.25) is 0 Å². The normalized spacial score (nSPS) is 11.9. The largest absolute Gasteiger partial charge is 0.0877 e. The van der Waals surface area contributed by atoms with Gasteiger partial charge in [-0.3, -0.25) is 0 Å². The summed E-state index contributed by atoms with van der Waals surface area (Å²) in [7, 11) is 0. The van der Waals surface area contributed by atoms with E-state index >= 15 is 0 Å². The molecule has 0 heteroatoms. The van der Waals surface area contributed by atoms with Crippen LogP contribution in [0.5, 0.6) is 0 Å². The monoisotopic (exact) mass is 207 g/mol. The maximum Gasteiger partial charge on any atom is -0.0348 e. The van der Waals surface area contributed by atoms with Crippen LogP contribution in [-0.4, -0.2) is 0 Å². The van der Waals surface area contributed by atoms with Gasteiger partial charge in [-0.2, -0.15) is 0 Å². The van der Waals surface area contributed by atoms with E-state index in [1.165, 1.54) is 51.4 Å². The molecule has 0 unspecified atom stereocenters. The molecule has 0 nitrogen and oxygen atoms in total. The maximum absolute atomic E-state index is 3.86. The van der Waals surface area contributed by atoms with Gasteiger partial charge in [0.1, 0.15) is 0 Å². The number of allylic oxidation sites excluding steroid dienone is 4. The van der Waals surface area contributed by atoms with Gasteiger partial charge in [0.2, 0.25) is 0 Å². The first kappa shape index (κ1) is 14.5. The molecule has 0 bridgehead atoms. The summed E-state index contributed by atoms with van der Waals surface area (Å²) in [6, 6.07) is 0. The number of hydrogen-bond donors (Lipinski definition) is 0. The Bertz CT molecular complexity index is 153. The molecule has 0 aliphatic carbocycles. The van der Waals surface area contributed by atoms with E-state index in [1.807, 2.05) is 0 Å². The molecule has 0 aromatic rings. The van der Waals surface area contributed by atoms with Crippen LogP contribution >= 0.6 is 0 Å². The van der Waals surface area contributed by atoms with Crippen LogP contribution in [0.4, 0.5) is 0 Å². The van der Waals surface area contributed by atoms with Crippen LogP contribution in [0.25, 0.3) is 0 Å². The van der Waals surface area contributed by atoms with Crippen molar-refractivity contribution in [1.29, 1.82) is 0 Å². The highest BCUT2D eigenvalue weighted by molar-refractivity contribution is 5.00. The summed E-state index contributed by atoms with van der Waals surface area (Å²) in [6.45, 7) is 5.91. The molecule has 15 heavy (non-hydrogen) atoms. The molecule has 0 amide bonds. The molecule has 0 aliphatic heterocycles. The highest BCUT2D eigenvalue weighted by Crippen LogP contribution is 2.09. The smallest absolute Gasteiger partial charge is 0.0348 e. The van der Waals surface area contributed by atoms with E-state index in [9.17, 15) is 0 Å². The quantitative estimate of drug-likeness (QED) is 0.329. The Kier molecular flexibility index (Phi) is 13.0. The lowest BCUT2D eigenvalue weighted by atomic mass is 10.1. The Labute approximate surface area is 96.5 Å². The summed E-state index contributed by atoms with van der Waals surface area (Å²) < 4.78 is 0. The zero-order valence-corrected chi connectivity index (χ0v) is 10.4. The summed E-state index contributed by atoms with van der Waals surface area (Å²) in [4.78, 5) is 0. The standard InChI is InChI=1S/C15H27/c1-3-5-7-9-11-13-15-14-12-10-8-6-4-2/h4,6,8,10H,1,3,5,7,9,11-15H2,2H3. The van der Waals surface area contributed by atoms with Crippen LogP contribution in [0, 0.1) is 6.92 Å². The Hall–Kier alpha value is -0.520. The van der Waals surface area contributed by atoms with E-state index in [0.717, 1.165) is 6.42 Å². The fourth-order valence-electron chi connectivity index (χ4n) is 1.61. The fourth-order valence-corrected chi connectivity index (χ4v) is 1.61. The van der Waals surface area contributed by atoms with Gasteiger partial charge in [0.25, 0.3) is 0 Å². The third kappa shape index (κ3) is 13.5.